The molecule has 0 aromatic heterocycles. The van der Waals surface area contributed by atoms with Crippen molar-refractivity contribution in [1.29, 1.82) is 0 Å². The van der Waals surface area contributed by atoms with E-state index in [0.29, 0.717) is 12.6 Å². The van der Waals surface area contributed by atoms with Crippen LogP contribution in [0.2, 0.25) is 0 Å². The molecule has 0 saturated heterocycles. The Morgan fingerprint density at radius 3 is 2.47 bits per heavy atom. The zero-order valence-electron chi connectivity index (χ0n) is 12.0. The van der Waals surface area contributed by atoms with Gasteiger partial charge in [0, 0.05) is 6.04 Å². The maximum Gasteiger partial charge on any atom is 0.322 e. The Morgan fingerprint density at radius 2 is 1.94 bits per heavy atom. The average Bonchev–Trinajstić information content (AvgIpc) is 2.28. The Bertz CT molecular complexity index is 208. The van der Waals surface area contributed by atoms with Crippen LogP contribution in [0.25, 0.3) is 0 Å². The normalized spacial score (nSPS) is 13.1. The number of hydrogen-bond donors (Lipinski definition) is 1. The highest BCUT2D eigenvalue weighted by atomic mass is 16.5. The molecule has 0 aromatic carbocycles. The van der Waals surface area contributed by atoms with Crippen LogP contribution in [0.5, 0.6) is 0 Å². The number of nitrogens with one attached hydrogen (secondary N) is 1. The van der Waals surface area contributed by atoms with E-state index in [4.69, 9.17) is 4.74 Å². The lowest BCUT2D eigenvalue weighted by molar-refractivity contribution is -0.145. The van der Waals surface area contributed by atoms with Crippen LogP contribution in [0.15, 0.2) is 0 Å². The van der Waals surface area contributed by atoms with E-state index in [1.807, 2.05) is 13.8 Å². The minimum atomic E-state index is -0.197. The van der Waals surface area contributed by atoms with Crippen LogP contribution >= 0.6 is 0 Å². The van der Waals surface area contributed by atoms with E-state index < -0.39 is 0 Å². The predicted molar refractivity (Wildman–Crippen MR) is 71.1 cm³/mol. The van der Waals surface area contributed by atoms with Crippen LogP contribution in [-0.4, -0.2) is 49.7 Å². The molecule has 0 spiro atoms. The van der Waals surface area contributed by atoms with Crippen molar-refractivity contribution in [3.05, 3.63) is 0 Å². The number of carbonyl (C=O) groups is 1. The van der Waals surface area contributed by atoms with Crippen molar-refractivity contribution >= 4 is 5.97 Å². The topological polar surface area (TPSA) is 41.6 Å². The minimum Gasteiger partial charge on any atom is -0.465 e. The smallest absolute Gasteiger partial charge is 0.322 e. The largest absolute Gasteiger partial charge is 0.465 e. The molecule has 1 N–H and O–H groups in total. The third-order valence-electron chi connectivity index (χ3n) is 2.91. The Labute approximate surface area is 106 Å². The second-order valence-electron chi connectivity index (χ2n) is 4.71. The van der Waals surface area contributed by atoms with Gasteiger partial charge < -0.3 is 15.0 Å². The molecule has 0 heterocycles. The summed E-state index contributed by atoms with van der Waals surface area (Å²) in [6.45, 7) is 10.5. The van der Waals surface area contributed by atoms with Crippen LogP contribution in [-0.2, 0) is 9.53 Å². The number of ether oxygens (including phenoxy) is 1. The Kier molecular flexibility index (Phi) is 9.09. The fourth-order valence-electron chi connectivity index (χ4n) is 1.41. The van der Waals surface area contributed by atoms with Crippen LogP contribution < -0.4 is 5.32 Å². The summed E-state index contributed by atoms with van der Waals surface area (Å²) < 4.78 is 4.92. The van der Waals surface area contributed by atoms with Gasteiger partial charge in [0.2, 0.25) is 0 Å². The lowest BCUT2D eigenvalue weighted by Gasteiger charge is -2.20. The molecule has 0 rings (SSSR count). The average molecular weight is 244 g/mol. The molecule has 4 heteroatoms. The van der Waals surface area contributed by atoms with E-state index in [2.05, 4.69) is 31.1 Å². The molecule has 0 saturated carbocycles. The molecule has 0 radical (unpaired) electrons. The van der Waals surface area contributed by atoms with Gasteiger partial charge in [0.05, 0.1) is 6.61 Å². The first kappa shape index (κ1) is 16.4. The maximum absolute atomic E-state index is 11.3. The van der Waals surface area contributed by atoms with E-state index >= 15 is 0 Å². The molecule has 17 heavy (non-hydrogen) atoms. The van der Waals surface area contributed by atoms with Gasteiger partial charge in [-0.3, -0.25) is 4.79 Å². The summed E-state index contributed by atoms with van der Waals surface area (Å²) in [6, 6.07) is 0.402. The summed E-state index contributed by atoms with van der Waals surface area (Å²) >= 11 is 0. The summed E-state index contributed by atoms with van der Waals surface area (Å²) in [6.07, 6.45) is 2.23. The number of hydrogen-bond acceptors (Lipinski definition) is 4. The molecule has 1 unspecified atom stereocenters. The van der Waals surface area contributed by atoms with Crippen molar-refractivity contribution in [2.45, 2.75) is 52.6 Å². The number of nitrogens with zero attached hydrogens (tertiary/aromatic N) is 1. The van der Waals surface area contributed by atoms with Crippen LogP contribution in [0, 0.1) is 0 Å². The summed E-state index contributed by atoms with van der Waals surface area (Å²) in [7, 11) is 2.14. The van der Waals surface area contributed by atoms with Crippen molar-refractivity contribution in [3.8, 4) is 0 Å². The van der Waals surface area contributed by atoms with Gasteiger partial charge in [-0.15, -0.1) is 0 Å². The van der Waals surface area contributed by atoms with E-state index in [9.17, 15) is 4.79 Å². The first-order valence-electron chi connectivity index (χ1n) is 6.59. The monoisotopic (exact) mass is 244 g/mol. The molecule has 4 nitrogen and oxygen atoms in total. The van der Waals surface area contributed by atoms with Gasteiger partial charge in [0.15, 0.2) is 0 Å². The number of rotatable bonds is 9. The predicted octanol–water partition coefficient (Wildman–Crippen LogP) is 1.65. The third kappa shape index (κ3) is 8.16. The van der Waals surface area contributed by atoms with Crippen molar-refractivity contribution in [2.24, 2.45) is 0 Å². The SMILES string of the molecule is CCOC(=O)C(C)NCCCCN(C)C(C)C. The van der Waals surface area contributed by atoms with E-state index in [1.54, 1.807) is 0 Å². The van der Waals surface area contributed by atoms with Gasteiger partial charge in [-0.2, -0.15) is 0 Å². The highest BCUT2D eigenvalue weighted by Gasteiger charge is 2.12. The van der Waals surface area contributed by atoms with Gasteiger partial charge in [-0.25, -0.2) is 0 Å². The van der Waals surface area contributed by atoms with Crippen molar-refractivity contribution in [2.75, 3.05) is 26.7 Å². The van der Waals surface area contributed by atoms with E-state index in [-0.39, 0.29) is 12.0 Å². The zero-order valence-corrected chi connectivity index (χ0v) is 12.0. The summed E-state index contributed by atoms with van der Waals surface area (Å²) in [5.74, 6) is -0.160. The molecule has 102 valence electrons. The first-order valence-corrected chi connectivity index (χ1v) is 6.59. The minimum absolute atomic E-state index is 0.160. The molecular weight excluding hydrogens is 216 g/mol. The van der Waals surface area contributed by atoms with E-state index in [1.165, 1.54) is 0 Å². The molecular formula is C13H28N2O2. The molecule has 0 fully saturated rings. The number of unbranched alkanes of at least 4 members (excludes halogenated alkanes) is 1. The van der Waals surface area contributed by atoms with Gasteiger partial charge in [-0.1, -0.05) is 0 Å². The van der Waals surface area contributed by atoms with Crippen LogP contribution in [0.4, 0.5) is 0 Å². The Hall–Kier alpha value is -0.610. The van der Waals surface area contributed by atoms with E-state index in [0.717, 1.165) is 25.9 Å². The van der Waals surface area contributed by atoms with Crippen LogP contribution in [0.3, 0.4) is 0 Å². The molecule has 0 aliphatic rings. The highest BCUT2D eigenvalue weighted by Crippen LogP contribution is 1.97. The van der Waals surface area contributed by atoms with Crippen molar-refractivity contribution < 1.29 is 9.53 Å². The molecule has 1 atom stereocenters. The number of esters is 1. The second-order valence-corrected chi connectivity index (χ2v) is 4.71. The maximum atomic E-state index is 11.3. The molecule has 0 aliphatic carbocycles. The fourth-order valence-corrected chi connectivity index (χ4v) is 1.41. The first-order chi connectivity index (χ1) is 7.99. The standard InChI is InChI=1S/C13H28N2O2/c1-6-17-13(16)12(4)14-9-7-8-10-15(5)11(2)3/h11-12,14H,6-10H2,1-5H3. The van der Waals surface area contributed by atoms with Crippen molar-refractivity contribution in [1.82, 2.24) is 10.2 Å². The lowest BCUT2D eigenvalue weighted by atomic mass is 10.2. The second kappa shape index (κ2) is 9.42. The summed E-state index contributed by atoms with van der Waals surface area (Å²) in [5.41, 5.74) is 0. The summed E-state index contributed by atoms with van der Waals surface area (Å²) in [4.78, 5) is 13.6. The zero-order chi connectivity index (χ0) is 13.3. The molecule has 0 aromatic rings. The van der Waals surface area contributed by atoms with Gasteiger partial charge in [-0.05, 0) is 60.7 Å². The fraction of sp³-hybridized carbons (Fsp3) is 0.923. The van der Waals surface area contributed by atoms with Crippen molar-refractivity contribution in [3.63, 3.8) is 0 Å². The number of carbonyl (C=O) groups excluding carboxylic acids is 1. The highest BCUT2D eigenvalue weighted by molar-refractivity contribution is 5.75. The van der Waals surface area contributed by atoms with Gasteiger partial charge >= 0.3 is 5.97 Å². The molecule has 0 amide bonds. The van der Waals surface area contributed by atoms with Gasteiger partial charge in [0.1, 0.15) is 6.04 Å². The quantitative estimate of drug-likeness (QED) is 0.494. The Balaban J connectivity index is 3.48. The van der Waals surface area contributed by atoms with Crippen LogP contribution in [0.1, 0.15) is 40.5 Å². The lowest BCUT2D eigenvalue weighted by Crippen LogP contribution is -2.36. The third-order valence-corrected chi connectivity index (χ3v) is 2.91. The summed E-state index contributed by atoms with van der Waals surface area (Å²) in [5, 5.41) is 3.18. The van der Waals surface area contributed by atoms with Gasteiger partial charge in [0.25, 0.3) is 0 Å². The molecule has 0 bridgehead atoms. The molecule has 0 aliphatic heterocycles. The Morgan fingerprint density at radius 1 is 1.29 bits per heavy atom.